The fourth-order valence-electron chi connectivity index (χ4n) is 2.76. The van der Waals surface area contributed by atoms with E-state index in [1.807, 2.05) is 44.2 Å². The van der Waals surface area contributed by atoms with Gasteiger partial charge in [0.05, 0.1) is 24.3 Å². The minimum atomic E-state index is -3.38. The van der Waals surface area contributed by atoms with Crippen molar-refractivity contribution < 1.29 is 13.2 Å². The van der Waals surface area contributed by atoms with Crippen LogP contribution < -0.4 is 15.4 Å². The highest BCUT2D eigenvalue weighted by atomic mass is 32.2. The van der Waals surface area contributed by atoms with E-state index in [9.17, 15) is 8.42 Å². The average molecular weight is 404 g/mol. The Morgan fingerprint density at radius 1 is 1.07 bits per heavy atom. The number of nitrogens with one attached hydrogen (secondary N) is 2. The third kappa shape index (κ3) is 6.27. The van der Waals surface area contributed by atoms with Crippen LogP contribution in [0.25, 0.3) is 0 Å². The fraction of sp³-hybridized carbons (Fsp3) is 0.381. The Balaban J connectivity index is 2.12. The second-order valence-corrected chi connectivity index (χ2v) is 8.39. The van der Waals surface area contributed by atoms with Crippen molar-refractivity contribution in [3.8, 4) is 5.75 Å². The van der Waals surface area contributed by atoms with Crippen molar-refractivity contribution in [2.45, 2.75) is 37.8 Å². The summed E-state index contributed by atoms with van der Waals surface area (Å²) in [5, 5.41) is 6.44. The summed E-state index contributed by atoms with van der Waals surface area (Å²) in [6.45, 7) is 5.05. The standard InChI is InChI=1S/C21H29N3O3S/c1-4-18(16-28(25,26)19-12-7-6-8-13-19)24-21(22-5-2)23-15-17-11-9-10-14-20(17)27-3/h6-14,18H,4-5,15-16H2,1-3H3,(H2,22,23,24). The molecule has 2 aromatic carbocycles. The summed E-state index contributed by atoms with van der Waals surface area (Å²) >= 11 is 0. The third-order valence-electron chi connectivity index (χ3n) is 4.30. The molecule has 6 nitrogen and oxygen atoms in total. The quantitative estimate of drug-likeness (QED) is 0.497. The fourth-order valence-corrected chi connectivity index (χ4v) is 4.37. The number of methoxy groups -OCH3 is 1. The second kappa shape index (κ2) is 10.7. The molecule has 28 heavy (non-hydrogen) atoms. The van der Waals surface area contributed by atoms with Gasteiger partial charge in [0.2, 0.25) is 0 Å². The molecule has 0 saturated carbocycles. The van der Waals surface area contributed by atoms with E-state index in [1.165, 1.54) is 0 Å². The van der Waals surface area contributed by atoms with Gasteiger partial charge in [-0.05, 0) is 31.5 Å². The zero-order chi connectivity index (χ0) is 20.4. The summed E-state index contributed by atoms with van der Waals surface area (Å²) in [4.78, 5) is 4.94. The van der Waals surface area contributed by atoms with Crippen LogP contribution in [-0.2, 0) is 16.4 Å². The normalized spacial score (nSPS) is 13.0. The van der Waals surface area contributed by atoms with E-state index >= 15 is 0 Å². The zero-order valence-electron chi connectivity index (χ0n) is 16.7. The Morgan fingerprint density at radius 2 is 1.75 bits per heavy atom. The first-order valence-electron chi connectivity index (χ1n) is 9.44. The minimum Gasteiger partial charge on any atom is -0.496 e. The molecular weight excluding hydrogens is 374 g/mol. The molecule has 0 fully saturated rings. The average Bonchev–Trinajstić information content (AvgIpc) is 2.72. The van der Waals surface area contributed by atoms with Crippen molar-refractivity contribution in [2.75, 3.05) is 19.4 Å². The Kier molecular flexibility index (Phi) is 8.32. The van der Waals surface area contributed by atoms with Crippen molar-refractivity contribution in [1.29, 1.82) is 0 Å². The number of guanidine groups is 1. The molecule has 0 aromatic heterocycles. The van der Waals surface area contributed by atoms with Crippen LogP contribution in [0.4, 0.5) is 0 Å². The van der Waals surface area contributed by atoms with Gasteiger partial charge in [-0.3, -0.25) is 0 Å². The molecule has 0 bridgehead atoms. The Labute approximate surface area is 168 Å². The number of nitrogens with zero attached hydrogens (tertiary/aromatic N) is 1. The van der Waals surface area contributed by atoms with Gasteiger partial charge < -0.3 is 15.4 Å². The summed E-state index contributed by atoms with van der Waals surface area (Å²) < 4.78 is 30.7. The van der Waals surface area contributed by atoms with Crippen molar-refractivity contribution >= 4 is 15.8 Å². The molecule has 2 aromatic rings. The van der Waals surface area contributed by atoms with E-state index in [0.717, 1.165) is 11.3 Å². The van der Waals surface area contributed by atoms with Crippen LogP contribution in [0.1, 0.15) is 25.8 Å². The maximum atomic E-state index is 12.7. The molecule has 0 amide bonds. The van der Waals surface area contributed by atoms with Crippen LogP contribution in [0.5, 0.6) is 5.75 Å². The van der Waals surface area contributed by atoms with Gasteiger partial charge in [0.15, 0.2) is 15.8 Å². The van der Waals surface area contributed by atoms with Gasteiger partial charge in [-0.1, -0.05) is 43.3 Å². The lowest BCUT2D eigenvalue weighted by atomic mass is 10.2. The van der Waals surface area contributed by atoms with Crippen molar-refractivity contribution in [2.24, 2.45) is 4.99 Å². The Bertz CT molecular complexity index is 867. The van der Waals surface area contributed by atoms with E-state index < -0.39 is 9.84 Å². The minimum absolute atomic E-state index is 0.00653. The molecule has 0 heterocycles. The number of benzene rings is 2. The van der Waals surface area contributed by atoms with Gasteiger partial charge in [0.1, 0.15) is 5.75 Å². The summed E-state index contributed by atoms with van der Waals surface area (Å²) in [6.07, 6.45) is 0.658. The molecular formula is C21H29N3O3S. The van der Waals surface area contributed by atoms with Gasteiger partial charge in [-0.25, -0.2) is 13.4 Å². The first-order valence-corrected chi connectivity index (χ1v) is 11.1. The molecule has 0 aliphatic heterocycles. The van der Waals surface area contributed by atoms with E-state index in [-0.39, 0.29) is 11.8 Å². The second-order valence-electron chi connectivity index (χ2n) is 6.35. The first-order chi connectivity index (χ1) is 13.5. The topological polar surface area (TPSA) is 79.8 Å². The molecule has 2 rings (SSSR count). The van der Waals surface area contributed by atoms with E-state index in [0.29, 0.717) is 30.4 Å². The predicted octanol–water partition coefficient (Wildman–Crippen LogP) is 3.00. The molecule has 0 radical (unpaired) electrons. The van der Waals surface area contributed by atoms with Crippen LogP contribution in [0.2, 0.25) is 0 Å². The SMILES string of the molecule is CCNC(=NCc1ccccc1OC)NC(CC)CS(=O)(=O)c1ccccc1. The van der Waals surface area contributed by atoms with Gasteiger partial charge >= 0.3 is 0 Å². The highest BCUT2D eigenvalue weighted by molar-refractivity contribution is 7.91. The highest BCUT2D eigenvalue weighted by Gasteiger charge is 2.21. The first kappa shape index (κ1) is 21.8. The molecule has 0 saturated heterocycles. The number of sulfone groups is 1. The van der Waals surface area contributed by atoms with Gasteiger partial charge in [0, 0.05) is 18.2 Å². The van der Waals surface area contributed by atoms with E-state index in [2.05, 4.69) is 15.6 Å². The summed E-state index contributed by atoms with van der Waals surface area (Å²) in [5.41, 5.74) is 0.965. The van der Waals surface area contributed by atoms with Crippen LogP contribution in [0.3, 0.4) is 0 Å². The Morgan fingerprint density at radius 3 is 2.39 bits per heavy atom. The number of para-hydroxylation sites is 1. The molecule has 7 heteroatoms. The van der Waals surface area contributed by atoms with Crippen molar-refractivity contribution in [1.82, 2.24) is 10.6 Å². The van der Waals surface area contributed by atoms with Crippen LogP contribution in [-0.4, -0.2) is 39.8 Å². The van der Waals surface area contributed by atoms with Crippen LogP contribution in [0.15, 0.2) is 64.5 Å². The molecule has 1 atom stereocenters. The molecule has 1 unspecified atom stereocenters. The molecule has 152 valence electrons. The van der Waals surface area contributed by atoms with Crippen molar-refractivity contribution in [3.05, 3.63) is 60.2 Å². The van der Waals surface area contributed by atoms with Gasteiger partial charge in [0.25, 0.3) is 0 Å². The number of hydrogen-bond acceptors (Lipinski definition) is 4. The molecule has 0 aliphatic carbocycles. The Hall–Kier alpha value is -2.54. The lowest BCUT2D eigenvalue weighted by Crippen LogP contribution is -2.46. The largest absolute Gasteiger partial charge is 0.496 e. The van der Waals surface area contributed by atoms with E-state index in [1.54, 1.807) is 31.4 Å². The molecule has 2 N–H and O–H groups in total. The maximum absolute atomic E-state index is 12.7. The number of aliphatic imine (C=N–C) groups is 1. The zero-order valence-corrected chi connectivity index (χ0v) is 17.5. The van der Waals surface area contributed by atoms with Crippen LogP contribution in [0, 0.1) is 0 Å². The lowest BCUT2D eigenvalue weighted by Gasteiger charge is -2.20. The van der Waals surface area contributed by atoms with E-state index in [4.69, 9.17) is 4.74 Å². The number of rotatable bonds is 9. The smallest absolute Gasteiger partial charge is 0.191 e. The van der Waals surface area contributed by atoms with Gasteiger partial charge in [-0.15, -0.1) is 0 Å². The van der Waals surface area contributed by atoms with Crippen molar-refractivity contribution in [3.63, 3.8) is 0 Å². The maximum Gasteiger partial charge on any atom is 0.191 e. The van der Waals surface area contributed by atoms with Gasteiger partial charge in [-0.2, -0.15) is 0 Å². The lowest BCUT2D eigenvalue weighted by molar-refractivity contribution is 0.410. The summed E-state index contributed by atoms with van der Waals surface area (Å²) in [7, 11) is -1.74. The summed E-state index contributed by atoms with van der Waals surface area (Å²) in [6, 6.07) is 16.0. The monoisotopic (exact) mass is 403 g/mol. The molecule has 0 aliphatic rings. The highest BCUT2D eigenvalue weighted by Crippen LogP contribution is 2.18. The number of hydrogen-bond donors (Lipinski definition) is 2. The summed E-state index contributed by atoms with van der Waals surface area (Å²) in [5.74, 6) is 1.37. The predicted molar refractivity (Wildman–Crippen MR) is 114 cm³/mol. The third-order valence-corrected chi connectivity index (χ3v) is 6.13. The number of ether oxygens (including phenoxy) is 1. The van der Waals surface area contributed by atoms with Crippen LogP contribution >= 0.6 is 0 Å². The molecule has 0 spiro atoms.